The largest absolute Gasteiger partial charge is 0.373 e. The van der Waals surface area contributed by atoms with Crippen molar-refractivity contribution in [1.29, 1.82) is 5.26 Å². The first-order valence-electron chi connectivity index (χ1n) is 5.16. The number of aromatic nitrogens is 3. The quantitative estimate of drug-likeness (QED) is 0.727. The Morgan fingerprint density at radius 2 is 2.38 bits per heavy atom. The Balaban J connectivity index is 2.25. The molecule has 0 amide bonds. The van der Waals surface area contributed by atoms with Gasteiger partial charge in [0.2, 0.25) is 0 Å². The van der Waals surface area contributed by atoms with E-state index in [4.69, 9.17) is 10.00 Å². The third-order valence-electron chi connectivity index (χ3n) is 2.19. The topological polar surface area (TPSA) is 63.2 Å². The van der Waals surface area contributed by atoms with E-state index >= 15 is 0 Å². The molecule has 0 saturated carbocycles. The van der Waals surface area contributed by atoms with Crippen molar-refractivity contribution in [2.75, 3.05) is 6.61 Å². The van der Waals surface area contributed by atoms with Crippen LogP contribution in [-0.4, -0.2) is 21.2 Å². The molecule has 0 N–H and O–H groups in total. The smallest absolute Gasteiger partial charge is 0.163 e. The molecule has 0 radical (unpaired) electrons. The van der Waals surface area contributed by atoms with Gasteiger partial charge >= 0.3 is 0 Å². The summed E-state index contributed by atoms with van der Waals surface area (Å²) in [5.74, 6) is 0.757. The van der Waals surface area contributed by atoms with Gasteiger partial charge in [0.25, 0.3) is 0 Å². The van der Waals surface area contributed by atoms with Crippen LogP contribution in [0.3, 0.4) is 0 Å². The van der Waals surface area contributed by atoms with Gasteiger partial charge < -0.3 is 4.74 Å². The van der Waals surface area contributed by atoms with Crippen molar-refractivity contribution in [3.8, 4) is 6.07 Å². The van der Waals surface area contributed by atoms with Crippen molar-refractivity contribution >= 4 is 5.65 Å². The van der Waals surface area contributed by atoms with Crippen molar-refractivity contribution in [2.24, 2.45) is 0 Å². The second kappa shape index (κ2) is 4.73. The lowest BCUT2D eigenvalue weighted by molar-refractivity contribution is 0.115. The molecule has 2 aromatic rings. The van der Waals surface area contributed by atoms with Gasteiger partial charge in [0.15, 0.2) is 11.5 Å². The number of ether oxygens (including phenoxy) is 1. The van der Waals surface area contributed by atoms with Crippen LogP contribution in [0.1, 0.15) is 24.7 Å². The van der Waals surface area contributed by atoms with Crippen molar-refractivity contribution in [3.63, 3.8) is 0 Å². The molecule has 0 saturated heterocycles. The highest BCUT2D eigenvalue weighted by Crippen LogP contribution is 2.07. The molecule has 0 fully saturated rings. The molecule has 0 aromatic carbocycles. The highest BCUT2D eigenvalue weighted by atomic mass is 16.5. The molecule has 0 aliphatic heterocycles. The van der Waals surface area contributed by atoms with Crippen LogP contribution in [0.5, 0.6) is 0 Å². The molecular weight excluding hydrogens is 204 g/mol. The van der Waals surface area contributed by atoms with E-state index in [1.54, 1.807) is 18.3 Å². The van der Waals surface area contributed by atoms with E-state index in [9.17, 15) is 0 Å². The minimum absolute atomic E-state index is 0.445. The third-order valence-corrected chi connectivity index (χ3v) is 2.19. The molecule has 0 aliphatic rings. The second-order valence-electron chi connectivity index (χ2n) is 3.42. The number of fused-ring (bicyclic) bond motifs is 1. The summed E-state index contributed by atoms with van der Waals surface area (Å²) in [6.07, 6.45) is 2.77. The second-order valence-corrected chi connectivity index (χ2v) is 3.42. The Kier molecular flexibility index (Phi) is 3.13. The minimum atomic E-state index is 0.445. The Hall–Kier alpha value is -1.93. The maximum atomic E-state index is 8.75. The van der Waals surface area contributed by atoms with Crippen molar-refractivity contribution in [3.05, 3.63) is 29.7 Å². The van der Waals surface area contributed by atoms with Gasteiger partial charge in [-0.1, -0.05) is 6.92 Å². The monoisotopic (exact) mass is 216 g/mol. The van der Waals surface area contributed by atoms with Crippen LogP contribution < -0.4 is 0 Å². The number of nitrogens with zero attached hydrogens (tertiary/aromatic N) is 4. The normalized spacial score (nSPS) is 10.5. The van der Waals surface area contributed by atoms with Crippen LogP contribution in [0.15, 0.2) is 18.3 Å². The molecule has 0 spiro atoms. The van der Waals surface area contributed by atoms with Crippen LogP contribution in [0.2, 0.25) is 0 Å². The average Bonchev–Trinajstić information content (AvgIpc) is 2.72. The van der Waals surface area contributed by atoms with Gasteiger partial charge in [-0.2, -0.15) is 5.26 Å². The SMILES string of the molecule is CCCOCc1nnc2cc(C#N)ccn12. The molecule has 0 bridgehead atoms. The summed E-state index contributed by atoms with van der Waals surface area (Å²) >= 11 is 0. The zero-order valence-corrected chi connectivity index (χ0v) is 9.05. The lowest BCUT2D eigenvalue weighted by atomic mass is 10.3. The number of hydrogen-bond acceptors (Lipinski definition) is 4. The van der Waals surface area contributed by atoms with E-state index in [0.29, 0.717) is 24.4 Å². The zero-order chi connectivity index (χ0) is 11.4. The summed E-state index contributed by atoms with van der Waals surface area (Å²) < 4.78 is 7.23. The fourth-order valence-corrected chi connectivity index (χ4v) is 1.42. The van der Waals surface area contributed by atoms with Gasteiger partial charge in [-0.15, -0.1) is 10.2 Å². The van der Waals surface area contributed by atoms with E-state index in [1.807, 2.05) is 4.40 Å². The minimum Gasteiger partial charge on any atom is -0.373 e. The lowest BCUT2D eigenvalue weighted by Gasteiger charge is -2.00. The number of rotatable bonds is 4. The molecular formula is C11H12N4O. The molecule has 82 valence electrons. The van der Waals surface area contributed by atoms with Gasteiger partial charge in [-0.25, -0.2) is 0 Å². The maximum absolute atomic E-state index is 8.75. The molecule has 0 atom stereocenters. The van der Waals surface area contributed by atoms with Gasteiger partial charge in [0, 0.05) is 18.9 Å². The Bertz CT molecular complexity index is 526. The lowest BCUT2D eigenvalue weighted by Crippen LogP contribution is -1.99. The average molecular weight is 216 g/mol. The number of nitriles is 1. The van der Waals surface area contributed by atoms with E-state index in [-0.39, 0.29) is 0 Å². The summed E-state index contributed by atoms with van der Waals surface area (Å²) in [4.78, 5) is 0. The Morgan fingerprint density at radius 1 is 1.50 bits per heavy atom. The first-order valence-corrected chi connectivity index (χ1v) is 5.16. The number of hydrogen-bond donors (Lipinski definition) is 0. The predicted molar refractivity (Wildman–Crippen MR) is 57.6 cm³/mol. The van der Waals surface area contributed by atoms with E-state index in [0.717, 1.165) is 12.2 Å². The highest BCUT2D eigenvalue weighted by molar-refractivity contribution is 5.45. The molecule has 2 aromatic heterocycles. The predicted octanol–water partition coefficient (Wildman–Crippen LogP) is 1.53. The van der Waals surface area contributed by atoms with Crippen molar-refractivity contribution in [2.45, 2.75) is 20.0 Å². The fraction of sp³-hybridized carbons (Fsp3) is 0.364. The Labute approximate surface area is 93.3 Å². The standard InChI is InChI=1S/C11H12N4O/c1-2-5-16-8-11-14-13-10-6-9(7-12)3-4-15(10)11/h3-4,6H,2,5,8H2,1H3. The van der Waals surface area contributed by atoms with Crippen LogP contribution in [-0.2, 0) is 11.3 Å². The first kappa shape index (κ1) is 10.6. The van der Waals surface area contributed by atoms with Gasteiger partial charge in [0.05, 0.1) is 11.6 Å². The van der Waals surface area contributed by atoms with Crippen LogP contribution in [0.4, 0.5) is 0 Å². The molecule has 0 unspecified atom stereocenters. The third kappa shape index (κ3) is 2.02. The van der Waals surface area contributed by atoms with Crippen LogP contribution in [0, 0.1) is 11.3 Å². The fourth-order valence-electron chi connectivity index (χ4n) is 1.42. The molecule has 2 rings (SSSR count). The maximum Gasteiger partial charge on any atom is 0.163 e. The van der Waals surface area contributed by atoms with Gasteiger partial charge in [-0.05, 0) is 12.5 Å². The summed E-state index contributed by atoms with van der Waals surface area (Å²) in [6, 6.07) is 5.51. The molecule has 2 heterocycles. The number of pyridine rings is 1. The molecule has 0 aliphatic carbocycles. The van der Waals surface area contributed by atoms with Gasteiger partial charge in [0.1, 0.15) is 6.61 Å². The zero-order valence-electron chi connectivity index (χ0n) is 9.05. The molecule has 5 nitrogen and oxygen atoms in total. The summed E-state index contributed by atoms with van der Waals surface area (Å²) in [6.45, 7) is 3.22. The van der Waals surface area contributed by atoms with Crippen LogP contribution in [0.25, 0.3) is 5.65 Å². The summed E-state index contributed by atoms with van der Waals surface area (Å²) in [5, 5.41) is 16.8. The summed E-state index contributed by atoms with van der Waals surface area (Å²) in [5.41, 5.74) is 1.26. The van der Waals surface area contributed by atoms with Crippen molar-refractivity contribution < 1.29 is 4.74 Å². The van der Waals surface area contributed by atoms with E-state index in [2.05, 4.69) is 23.2 Å². The summed E-state index contributed by atoms with van der Waals surface area (Å²) in [7, 11) is 0. The molecule has 16 heavy (non-hydrogen) atoms. The van der Waals surface area contributed by atoms with Crippen molar-refractivity contribution in [1.82, 2.24) is 14.6 Å². The highest BCUT2D eigenvalue weighted by Gasteiger charge is 2.05. The molecule has 5 heteroatoms. The van der Waals surface area contributed by atoms with Crippen LogP contribution >= 0.6 is 0 Å². The van der Waals surface area contributed by atoms with Gasteiger partial charge in [-0.3, -0.25) is 4.40 Å². The van der Waals surface area contributed by atoms with E-state index in [1.165, 1.54) is 0 Å². The van der Waals surface area contributed by atoms with E-state index < -0.39 is 0 Å². The Morgan fingerprint density at radius 3 is 3.12 bits per heavy atom. The first-order chi connectivity index (χ1) is 7.85.